The van der Waals surface area contributed by atoms with Crippen LogP contribution in [0.2, 0.25) is 0 Å². The van der Waals surface area contributed by atoms with Crippen molar-refractivity contribution in [2.75, 3.05) is 19.5 Å². The number of methoxy groups -OCH3 is 2. The molecule has 2 rings (SSSR count). The molecule has 0 saturated carbocycles. The van der Waals surface area contributed by atoms with Gasteiger partial charge in [-0.3, -0.25) is 4.79 Å². The molecule has 0 aliphatic carbocycles. The molecule has 2 aromatic rings. The Hall–Kier alpha value is -2.69. The number of amides is 1. The van der Waals surface area contributed by atoms with Gasteiger partial charge in [-0.05, 0) is 31.5 Å². The highest BCUT2D eigenvalue weighted by Gasteiger charge is 2.16. The highest BCUT2D eigenvalue weighted by atomic mass is 16.5. The van der Waals surface area contributed by atoms with E-state index in [0.29, 0.717) is 22.9 Å². The maximum Gasteiger partial charge on any atom is 0.265 e. The fraction of sp³-hybridized carbons (Fsp3) is 0.278. The van der Waals surface area contributed by atoms with Gasteiger partial charge in [0.1, 0.15) is 17.2 Å². The molecule has 1 atom stereocenters. The van der Waals surface area contributed by atoms with Crippen molar-refractivity contribution in [2.45, 2.75) is 20.0 Å². The van der Waals surface area contributed by atoms with Crippen LogP contribution in [-0.2, 0) is 4.79 Å². The van der Waals surface area contributed by atoms with Gasteiger partial charge in [-0.2, -0.15) is 0 Å². The molecule has 0 radical (unpaired) electrons. The number of carbonyl (C=O) groups excluding carboxylic acids is 1. The third-order valence-corrected chi connectivity index (χ3v) is 3.29. The SMILES string of the molecule is COc1cc(NC(=O)[C@H](C)Oc2cccc(C)c2)cc(OC)c1. The predicted molar refractivity (Wildman–Crippen MR) is 89.4 cm³/mol. The van der Waals surface area contributed by atoms with Crippen molar-refractivity contribution in [1.29, 1.82) is 0 Å². The number of hydrogen-bond donors (Lipinski definition) is 1. The molecular formula is C18H21NO4. The van der Waals surface area contributed by atoms with E-state index in [-0.39, 0.29) is 5.91 Å². The molecule has 23 heavy (non-hydrogen) atoms. The van der Waals surface area contributed by atoms with Crippen molar-refractivity contribution in [3.8, 4) is 17.2 Å². The summed E-state index contributed by atoms with van der Waals surface area (Å²) in [7, 11) is 3.12. The number of rotatable bonds is 6. The van der Waals surface area contributed by atoms with Crippen molar-refractivity contribution in [2.24, 2.45) is 0 Å². The van der Waals surface area contributed by atoms with Crippen LogP contribution in [-0.4, -0.2) is 26.2 Å². The molecule has 0 spiro atoms. The lowest BCUT2D eigenvalue weighted by Crippen LogP contribution is -2.30. The number of ether oxygens (including phenoxy) is 3. The van der Waals surface area contributed by atoms with E-state index in [1.165, 1.54) is 0 Å². The van der Waals surface area contributed by atoms with Crippen LogP contribution in [0.3, 0.4) is 0 Å². The molecule has 5 nitrogen and oxygen atoms in total. The molecule has 122 valence electrons. The molecule has 0 aromatic heterocycles. The van der Waals surface area contributed by atoms with Crippen molar-refractivity contribution in [3.63, 3.8) is 0 Å². The zero-order valence-corrected chi connectivity index (χ0v) is 13.8. The van der Waals surface area contributed by atoms with Crippen LogP contribution in [0.1, 0.15) is 12.5 Å². The van der Waals surface area contributed by atoms with Crippen molar-refractivity contribution in [3.05, 3.63) is 48.0 Å². The number of benzene rings is 2. The van der Waals surface area contributed by atoms with Gasteiger partial charge in [0.2, 0.25) is 0 Å². The first-order valence-electron chi connectivity index (χ1n) is 7.29. The lowest BCUT2D eigenvalue weighted by atomic mass is 10.2. The first-order valence-corrected chi connectivity index (χ1v) is 7.29. The lowest BCUT2D eigenvalue weighted by molar-refractivity contribution is -0.122. The normalized spacial score (nSPS) is 11.5. The number of carbonyl (C=O) groups is 1. The Labute approximate surface area is 136 Å². The number of hydrogen-bond acceptors (Lipinski definition) is 4. The molecule has 0 fully saturated rings. The molecular weight excluding hydrogens is 294 g/mol. The Bertz CT molecular complexity index is 662. The third kappa shape index (κ3) is 4.64. The average molecular weight is 315 g/mol. The molecule has 0 saturated heterocycles. The fourth-order valence-electron chi connectivity index (χ4n) is 2.07. The first kappa shape index (κ1) is 16.7. The van der Waals surface area contributed by atoms with Gasteiger partial charge in [0, 0.05) is 23.9 Å². The third-order valence-electron chi connectivity index (χ3n) is 3.29. The van der Waals surface area contributed by atoms with E-state index in [1.807, 2.05) is 31.2 Å². The summed E-state index contributed by atoms with van der Waals surface area (Å²) in [5.41, 5.74) is 1.67. The Morgan fingerprint density at radius 3 is 2.22 bits per heavy atom. The summed E-state index contributed by atoms with van der Waals surface area (Å²) in [6.45, 7) is 3.68. The molecule has 0 heterocycles. The van der Waals surface area contributed by atoms with Gasteiger partial charge in [0.05, 0.1) is 14.2 Å². The molecule has 0 bridgehead atoms. The highest BCUT2D eigenvalue weighted by molar-refractivity contribution is 5.94. The van der Waals surface area contributed by atoms with Gasteiger partial charge >= 0.3 is 0 Å². The zero-order valence-electron chi connectivity index (χ0n) is 13.8. The van der Waals surface area contributed by atoms with Crippen LogP contribution in [0.15, 0.2) is 42.5 Å². The summed E-state index contributed by atoms with van der Waals surface area (Å²) in [6.07, 6.45) is -0.631. The van der Waals surface area contributed by atoms with Gasteiger partial charge in [0.25, 0.3) is 5.91 Å². The van der Waals surface area contributed by atoms with E-state index in [9.17, 15) is 4.79 Å². The topological polar surface area (TPSA) is 56.8 Å². The van der Waals surface area contributed by atoms with Gasteiger partial charge < -0.3 is 19.5 Å². The minimum atomic E-state index is -0.631. The maximum atomic E-state index is 12.3. The monoisotopic (exact) mass is 315 g/mol. The fourth-order valence-corrected chi connectivity index (χ4v) is 2.07. The summed E-state index contributed by atoms with van der Waals surface area (Å²) in [5.74, 6) is 1.62. The standard InChI is InChI=1S/C18H21NO4/c1-12-6-5-7-15(8-12)23-13(2)18(20)19-14-9-16(21-3)11-17(10-14)22-4/h5-11,13H,1-4H3,(H,19,20)/t13-/m0/s1. The van der Waals surface area contributed by atoms with Crippen LogP contribution >= 0.6 is 0 Å². The molecule has 5 heteroatoms. The maximum absolute atomic E-state index is 12.3. The second-order valence-corrected chi connectivity index (χ2v) is 5.17. The van der Waals surface area contributed by atoms with Crippen LogP contribution in [0.5, 0.6) is 17.2 Å². The minimum absolute atomic E-state index is 0.248. The molecule has 0 unspecified atom stereocenters. The van der Waals surface area contributed by atoms with Crippen molar-refractivity contribution >= 4 is 11.6 Å². The van der Waals surface area contributed by atoms with Crippen LogP contribution in [0, 0.1) is 6.92 Å². The van der Waals surface area contributed by atoms with Crippen LogP contribution in [0.4, 0.5) is 5.69 Å². The summed E-state index contributed by atoms with van der Waals surface area (Å²) in [4.78, 5) is 12.3. The smallest absolute Gasteiger partial charge is 0.265 e. The van der Waals surface area contributed by atoms with Gasteiger partial charge in [-0.25, -0.2) is 0 Å². The van der Waals surface area contributed by atoms with Crippen LogP contribution < -0.4 is 19.5 Å². The molecule has 1 N–H and O–H groups in total. The predicted octanol–water partition coefficient (Wildman–Crippen LogP) is 3.42. The zero-order chi connectivity index (χ0) is 16.8. The second-order valence-electron chi connectivity index (χ2n) is 5.17. The van der Waals surface area contributed by atoms with Gasteiger partial charge in [0.15, 0.2) is 6.10 Å². The number of aryl methyl sites for hydroxylation is 1. The number of nitrogens with one attached hydrogen (secondary N) is 1. The van der Waals surface area contributed by atoms with Gasteiger partial charge in [-0.1, -0.05) is 12.1 Å². The number of anilines is 1. The first-order chi connectivity index (χ1) is 11.0. The highest BCUT2D eigenvalue weighted by Crippen LogP contribution is 2.26. The minimum Gasteiger partial charge on any atom is -0.497 e. The summed E-state index contributed by atoms with van der Waals surface area (Å²) in [6, 6.07) is 12.8. The van der Waals surface area contributed by atoms with E-state index in [1.54, 1.807) is 39.3 Å². The summed E-state index contributed by atoms with van der Waals surface area (Å²) in [5, 5.41) is 2.80. The largest absolute Gasteiger partial charge is 0.497 e. The molecule has 2 aromatic carbocycles. The summed E-state index contributed by atoms with van der Waals surface area (Å²) >= 11 is 0. The molecule has 0 aliphatic heterocycles. The van der Waals surface area contributed by atoms with Crippen molar-refractivity contribution < 1.29 is 19.0 Å². The Kier molecular flexibility index (Phi) is 5.46. The van der Waals surface area contributed by atoms with E-state index in [4.69, 9.17) is 14.2 Å². The van der Waals surface area contributed by atoms with E-state index < -0.39 is 6.10 Å². The van der Waals surface area contributed by atoms with E-state index in [2.05, 4.69) is 5.32 Å². The Morgan fingerprint density at radius 2 is 1.65 bits per heavy atom. The Balaban J connectivity index is 2.06. The lowest BCUT2D eigenvalue weighted by Gasteiger charge is -2.16. The van der Waals surface area contributed by atoms with Gasteiger partial charge in [-0.15, -0.1) is 0 Å². The average Bonchev–Trinajstić information content (AvgIpc) is 2.54. The summed E-state index contributed by atoms with van der Waals surface area (Å²) < 4.78 is 16.0. The Morgan fingerprint density at radius 1 is 1.00 bits per heavy atom. The van der Waals surface area contributed by atoms with Crippen LogP contribution in [0.25, 0.3) is 0 Å². The second kappa shape index (κ2) is 7.54. The van der Waals surface area contributed by atoms with E-state index >= 15 is 0 Å². The molecule has 0 aliphatic rings. The van der Waals surface area contributed by atoms with E-state index in [0.717, 1.165) is 5.56 Å². The van der Waals surface area contributed by atoms with Crippen molar-refractivity contribution in [1.82, 2.24) is 0 Å². The quantitative estimate of drug-likeness (QED) is 0.887. The molecule has 1 amide bonds.